The molecule has 0 aliphatic carbocycles. The molecule has 158 valence electrons. The quantitative estimate of drug-likeness (QED) is 0.602. The maximum absolute atomic E-state index is 12.7. The van der Waals surface area contributed by atoms with Gasteiger partial charge in [0, 0.05) is 38.3 Å². The van der Waals surface area contributed by atoms with Crippen molar-refractivity contribution >= 4 is 16.8 Å². The number of benzene rings is 2. The Morgan fingerprint density at radius 2 is 1.97 bits per heavy atom. The highest BCUT2D eigenvalue weighted by Crippen LogP contribution is 2.19. The molecule has 4 rings (SSSR count). The topological polar surface area (TPSA) is 41.4 Å². The lowest BCUT2D eigenvalue weighted by Crippen LogP contribution is -2.43. The average Bonchev–Trinajstić information content (AvgIpc) is 3.15. The number of rotatable bonds is 7. The average molecular weight is 405 g/mol. The number of carbonyl (C=O) groups excluding carboxylic acids is 1. The van der Waals surface area contributed by atoms with Crippen molar-refractivity contribution in [3.63, 3.8) is 0 Å². The van der Waals surface area contributed by atoms with E-state index >= 15 is 0 Å². The van der Waals surface area contributed by atoms with Gasteiger partial charge in [-0.3, -0.25) is 9.48 Å². The number of hydrogen-bond donors (Lipinski definition) is 0. The number of hydrogen-bond acceptors (Lipinski definition) is 3. The number of fused-ring (bicyclic) bond motifs is 1. The predicted molar refractivity (Wildman–Crippen MR) is 121 cm³/mol. The van der Waals surface area contributed by atoms with Crippen molar-refractivity contribution in [1.29, 1.82) is 0 Å². The summed E-state index contributed by atoms with van der Waals surface area (Å²) < 4.78 is 1.76. The van der Waals surface area contributed by atoms with Crippen molar-refractivity contribution in [2.75, 3.05) is 33.2 Å². The number of carbonyl (C=O) groups is 1. The van der Waals surface area contributed by atoms with Crippen LogP contribution in [0.3, 0.4) is 0 Å². The van der Waals surface area contributed by atoms with Crippen LogP contribution in [0.4, 0.5) is 0 Å². The Morgan fingerprint density at radius 1 is 1.17 bits per heavy atom. The monoisotopic (exact) mass is 404 g/mol. The first-order valence-corrected chi connectivity index (χ1v) is 11.0. The van der Waals surface area contributed by atoms with E-state index in [4.69, 9.17) is 0 Å². The lowest BCUT2D eigenvalue weighted by atomic mass is 9.96. The molecular weight excluding hydrogens is 372 g/mol. The Bertz CT molecular complexity index is 962. The van der Waals surface area contributed by atoms with E-state index < -0.39 is 0 Å². The standard InChI is InChI=1S/C25H32N4O/c1-20-8-3-4-10-22(20)13-15-28-14-7-9-21(17-28)16-27(2)25(30)19-29-18-23-11-5-6-12-24(23)26-29/h3-6,8,10-12,18,21H,7,9,13-17,19H2,1-2H3. The highest BCUT2D eigenvalue weighted by Gasteiger charge is 2.23. The van der Waals surface area contributed by atoms with Crippen LogP contribution in [-0.2, 0) is 17.8 Å². The third-order valence-corrected chi connectivity index (χ3v) is 6.28. The summed E-state index contributed by atoms with van der Waals surface area (Å²) in [5, 5.41) is 5.59. The highest BCUT2D eigenvalue weighted by molar-refractivity contribution is 5.79. The van der Waals surface area contributed by atoms with Crippen LogP contribution in [0, 0.1) is 12.8 Å². The Kier molecular flexibility index (Phi) is 6.48. The summed E-state index contributed by atoms with van der Waals surface area (Å²) in [4.78, 5) is 17.2. The fraction of sp³-hybridized carbons (Fsp3) is 0.440. The first-order chi connectivity index (χ1) is 14.6. The van der Waals surface area contributed by atoms with Gasteiger partial charge in [-0.05, 0) is 55.8 Å². The second-order valence-corrected chi connectivity index (χ2v) is 8.65. The van der Waals surface area contributed by atoms with Crippen LogP contribution in [0.2, 0.25) is 0 Å². The fourth-order valence-corrected chi connectivity index (χ4v) is 4.52. The minimum absolute atomic E-state index is 0.125. The van der Waals surface area contributed by atoms with Crippen LogP contribution in [0.25, 0.3) is 10.9 Å². The largest absolute Gasteiger partial charge is 0.344 e. The molecule has 1 aliphatic rings. The van der Waals surface area contributed by atoms with Crippen LogP contribution in [0.5, 0.6) is 0 Å². The zero-order valence-corrected chi connectivity index (χ0v) is 18.1. The van der Waals surface area contributed by atoms with Gasteiger partial charge in [0.15, 0.2) is 0 Å². The maximum Gasteiger partial charge on any atom is 0.244 e. The molecule has 1 aromatic heterocycles. The number of likely N-dealkylation sites (N-methyl/N-ethyl adjacent to an activating group) is 1. The van der Waals surface area contributed by atoms with Gasteiger partial charge < -0.3 is 9.80 Å². The van der Waals surface area contributed by atoms with Gasteiger partial charge in [0.25, 0.3) is 0 Å². The second kappa shape index (κ2) is 9.43. The third kappa shape index (κ3) is 5.08. The number of piperidine rings is 1. The summed E-state index contributed by atoms with van der Waals surface area (Å²) in [6.07, 6.45) is 5.46. The van der Waals surface area contributed by atoms with Crippen molar-refractivity contribution in [2.45, 2.75) is 32.7 Å². The Morgan fingerprint density at radius 3 is 2.80 bits per heavy atom. The zero-order valence-electron chi connectivity index (χ0n) is 18.1. The molecule has 3 aromatic rings. The second-order valence-electron chi connectivity index (χ2n) is 8.65. The van der Waals surface area contributed by atoms with Crippen LogP contribution >= 0.6 is 0 Å². The first-order valence-electron chi connectivity index (χ1n) is 11.0. The molecule has 0 saturated carbocycles. The molecule has 1 aliphatic heterocycles. The number of aryl methyl sites for hydroxylation is 1. The molecule has 5 nitrogen and oxygen atoms in total. The van der Waals surface area contributed by atoms with Gasteiger partial charge in [-0.15, -0.1) is 0 Å². The van der Waals surface area contributed by atoms with Gasteiger partial charge in [-0.25, -0.2) is 0 Å². The summed E-state index contributed by atoms with van der Waals surface area (Å²) in [6, 6.07) is 16.6. The van der Waals surface area contributed by atoms with E-state index in [2.05, 4.69) is 41.2 Å². The molecular formula is C25H32N4O. The van der Waals surface area contributed by atoms with Crippen molar-refractivity contribution in [1.82, 2.24) is 19.6 Å². The number of nitrogens with zero attached hydrogens (tertiary/aromatic N) is 4. The lowest BCUT2D eigenvalue weighted by molar-refractivity contribution is -0.131. The van der Waals surface area contributed by atoms with Crippen molar-refractivity contribution < 1.29 is 4.79 Å². The molecule has 0 spiro atoms. The molecule has 1 unspecified atom stereocenters. The summed E-state index contributed by atoms with van der Waals surface area (Å²) in [5.41, 5.74) is 3.76. The van der Waals surface area contributed by atoms with Crippen LogP contribution < -0.4 is 0 Å². The summed E-state index contributed by atoms with van der Waals surface area (Å²) in [6.45, 7) is 6.65. The van der Waals surface area contributed by atoms with E-state index in [1.165, 1.54) is 30.5 Å². The van der Waals surface area contributed by atoms with E-state index in [0.717, 1.165) is 37.0 Å². The molecule has 1 saturated heterocycles. The highest BCUT2D eigenvalue weighted by atomic mass is 16.2. The van der Waals surface area contributed by atoms with Crippen LogP contribution in [0.1, 0.15) is 24.0 Å². The molecule has 1 fully saturated rings. The van der Waals surface area contributed by atoms with Gasteiger partial charge in [-0.2, -0.15) is 5.10 Å². The first kappa shape index (κ1) is 20.6. The molecule has 1 amide bonds. The van der Waals surface area contributed by atoms with E-state index in [1.54, 1.807) is 4.68 Å². The van der Waals surface area contributed by atoms with Gasteiger partial charge in [0.2, 0.25) is 5.91 Å². The normalized spacial score (nSPS) is 17.3. The third-order valence-electron chi connectivity index (χ3n) is 6.28. The van der Waals surface area contributed by atoms with E-state index in [1.807, 2.05) is 42.4 Å². The van der Waals surface area contributed by atoms with E-state index in [9.17, 15) is 4.79 Å². The fourth-order valence-electron chi connectivity index (χ4n) is 4.52. The number of amides is 1. The predicted octanol–water partition coefficient (Wildman–Crippen LogP) is 3.76. The smallest absolute Gasteiger partial charge is 0.244 e. The van der Waals surface area contributed by atoms with Gasteiger partial charge in [-0.1, -0.05) is 42.5 Å². The minimum atomic E-state index is 0.125. The molecule has 5 heteroatoms. The molecule has 0 N–H and O–H groups in total. The van der Waals surface area contributed by atoms with E-state index in [-0.39, 0.29) is 5.91 Å². The lowest BCUT2D eigenvalue weighted by Gasteiger charge is -2.34. The Hall–Kier alpha value is -2.66. The Balaban J connectivity index is 1.27. The van der Waals surface area contributed by atoms with Crippen molar-refractivity contribution in [3.05, 3.63) is 65.9 Å². The number of aromatic nitrogens is 2. The molecule has 2 aromatic carbocycles. The van der Waals surface area contributed by atoms with Crippen molar-refractivity contribution in [2.24, 2.45) is 5.92 Å². The molecule has 30 heavy (non-hydrogen) atoms. The Labute approximate surface area is 179 Å². The molecule has 1 atom stereocenters. The van der Waals surface area contributed by atoms with Crippen molar-refractivity contribution in [3.8, 4) is 0 Å². The SMILES string of the molecule is Cc1ccccc1CCN1CCCC(CN(C)C(=O)Cn2cc3ccccc3n2)C1. The zero-order chi connectivity index (χ0) is 20.9. The maximum atomic E-state index is 12.7. The summed E-state index contributed by atoms with van der Waals surface area (Å²) >= 11 is 0. The molecule has 0 radical (unpaired) electrons. The molecule has 0 bridgehead atoms. The van der Waals surface area contributed by atoms with E-state index in [0.29, 0.717) is 12.5 Å². The van der Waals surface area contributed by atoms with Gasteiger partial charge in [0.05, 0.1) is 5.52 Å². The molecule has 2 heterocycles. The minimum Gasteiger partial charge on any atom is -0.344 e. The summed E-state index contributed by atoms with van der Waals surface area (Å²) in [7, 11) is 1.93. The van der Waals surface area contributed by atoms with Gasteiger partial charge >= 0.3 is 0 Å². The summed E-state index contributed by atoms with van der Waals surface area (Å²) in [5.74, 6) is 0.668. The van der Waals surface area contributed by atoms with Crippen LogP contribution in [-0.4, -0.2) is 58.7 Å². The van der Waals surface area contributed by atoms with Gasteiger partial charge in [0.1, 0.15) is 6.54 Å². The van der Waals surface area contributed by atoms with Crippen LogP contribution in [0.15, 0.2) is 54.7 Å². The number of likely N-dealkylation sites (tertiary alicyclic amines) is 1.